The lowest BCUT2D eigenvalue weighted by atomic mass is 9.30. The molecule has 1 heterocycles. The van der Waals surface area contributed by atoms with Gasteiger partial charge in [0.2, 0.25) is 0 Å². The summed E-state index contributed by atoms with van der Waals surface area (Å²) in [4.78, 5) is 0. The predicted molar refractivity (Wildman–Crippen MR) is 133 cm³/mol. The van der Waals surface area contributed by atoms with Crippen molar-refractivity contribution in [2.24, 2.45) is 50.2 Å². The summed E-state index contributed by atoms with van der Waals surface area (Å²) in [5.41, 5.74) is -0.108. The van der Waals surface area contributed by atoms with Crippen molar-refractivity contribution >= 4 is 0 Å². The van der Waals surface area contributed by atoms with Crippen molar-refractivity contribution in [3.8, 4) is 0 Å². The van der Waals surface area contributed by atoms with Gasteiger partial charge in [0.25, 0.3) is 0 Å². The van der Waals surface area contributed by atoms with Crippen molar-refractivity contribution in [2.75, 3.05) is 13.2 Å². The van der Waals surface area contributed by atoms with Gasteiger partial charge in [0.05, 0.1) is 31.0 Å². The van der Waals surface area contributed by atoms with Crippen LogP contribution in [0.25, 0.3) is 0 Å². The molecule has 1 saturated heterocycles. The average Bonchev–Trinajstić information content (AvgIpc) is 3.04. The molecular weight excluding hydrogens is 424 g/mol. The van der Waals surface area contributed by atoms with Crippen LogP contribution in [0.1, 0.15) is 106 Å². The van der Waals surface area contributed by atoms with Crippen LogP contribution in [0.2, 0.25) is 0 Å². The fraction of sp³-hybridized carbons (Fsp3) is 1.00. The summed E-state index contributed by atoms with van der Waals surface area (Å²) in [5.74, 6) is 1.33. The van der Waals surface area contributed by atoms with Gasteiger partial charge in [-0.15, -0.1) is 0 Å². The summed E-state index contributed by atoms with van der Waals surface area (Å²) in [6.45, 7) is 15.4. The van der Waals surface area contributed by atoms with E-state index in [4.69, 9.17) is 4.74 Å². The Bertz CT molecular complexity index is 872. The predicted octanol–water partition coefficient (Wildman–Crippen LogP) is 5.32. The summed E-state index contributed by atoms with van der Waals surface area (Å²) < 4.78 is 7.10. The highest BCUT2D eigenvalue weighted by atomic mass is 16.5. The maximum atomic E-state index is 11.9. The van der Waals surface area contributed by atoms with Gasteiger partial charge in [-0.25, -0.2) is 0 Å². The lowest BCUT2D eigenvalue weighted by Crippen LogP contribution is -2.74. The number of hydrogen-bond donors (Lipinski definition) is 3. The smallest absolute Gasteiger partial charge is 0.0777 e. The van der Waals surface area contributed by atoms with Crippen molar-refractivity contribution in [2.45, 2.75) is 124 Å². The first-order valence-electron chi connectivity index (χ1n) is 14.4. The molecule has 6 rings (SSSR count). The van der Waals surface area contributed by atoms with E-state index in [2.05, 4.69) is 41.5 Å². The fourth-order valence-electron chi connectivity index (χ4n) is 12.1. The van der Waals surface area contributed by atoms with Gasteiger partial charge in [0.15, 0.2) is 0 Å². The SMILES string of the molecule is CC1(C)CCC23COC4(CCC5C6(C)CCC(O)C(C)(CO)C6CCC5(C)C4(C)CC2O)C3C1. The van der Waals surface area contributed by atoms with Gasteiger partial charge in [-0.05, 0) is 98.2 Å². The molecule has 1 spiro atoms. The van der Waals surface area contributed by atoms with Gasteiger partial charge in [-0.1, -0.05) is 41.5 Å². The van der Waals surface area contributed by atoms with Gasteiger partial charge >= 0.3 is 0 Å². The van der Waals surface area contributed by atoms with Crippen molar-refractivity contribution < 1.29 is 20.1 Å². The van der Waals surface area contributed by atoms with Gasteiger partial charge in [0.1, 0.15) is 0 Å². The van der Waals surface area contributed by atoms with Gasteiger partial charge in [0, 0.05) is 16.2 Å². The highest BCUT2D eigenvalue weighted by Gasteiger charge is 2.79. The van der Waals surface area contributed by atoms with Gasteiger partial charge in [-0.3, -0.25) is 0 Å². The van der Waals surface area contributed by atoms with Crippen molar-refractivity contribution in [1.29, 1.82) is 0 Å². The Balaban J connectivity index is 1.45. The van der Waals surface area contributed by atoms with E-state index in [1.165, 1.54) is 19.3 Å². The second-order valence-electron chi connectivity index (χ2n) is 15.7. The molecule has 4 heteroatoms. The third-order valence-electron chi connectivity index (χ3n) is 14.3. The monoisotopic (exact) mass is 474 g/mol. The average molecular weight is 475 g/mol. The maximum absolute atomic E-state index is 11.9. The summed E-state index contributed by atoms with van der Waals surface area (Å²) in [7, 11) is 0. The Morgan fingerprint density at radius 2 is 1.44 bits per heavy atom. The van der Waals surface area contributed by atoms with E-state index in [0.29, 0.717) is 23.2 Å². The zero-order valence-electron chi connectivity index (χ0n) is 22.6. The van der Waals surface area contributed by atoms with Crippen LogP contribution in [0.5, 0.6) is 0 Å². The number of hydrogen-bond acceptors (Lipinski definition) is 4. The van der Waals surface area contributed by atoms with E-state index < -0.39 is 11.5 Å². The number of ether oxygens (including phenoxy) is 1. The highest BCUT2D eigenvalue weighted by Crippen LogP contribution is 2.80. The first kappa shape index (κ1) is 24.2. The number of fused-ring (bicyclic) bond motifs is 4. The van der Waals surface area contributed by atoms with Crippen LogP contribution in [0.15, 0.2) is 0 Å². The maximum Gasteiger partial charge on any atom is 0.0777 e. The molecule has 0 aromatic rings. The molecule has 6 fully saturated rings. The van der Waals surface area contributed by atoms with Crippen molar-refractivity contribution in [3.63, 3.8) is 0 Å². The van der Waals surface area contributed by atoms with Crippen LogP contribution in [0, 0.1) is 50.2 Å². The topological polar surface area (TPSA) is 69.9 Å². The molecule has 6 aliphatic rings. The second-order valence-corrected chi connectivity index (χ2v) is 15.7. The first-order chi connectivity index (χ1) is 15.7. The molecule has 2 bridgehead atoms. The van der Waals surface area contributed by atoms with E-state index in [1.807, 2.05) is 0 Å². The highest BCUT2D eigenvalue weighted by molar-refractivity contribution is 5.28. The molecule has 3 N–H and O–H groups in total. The van der Waals surface area contributed by atoms with Crippen LogP contribution >= 0.6 is 0 Å². The molecule has 4 nitrogen and oxygen atoms in total. The fourth-order valence-corrected chi connectivity index (χ4v) is 12.1. The molecule has 1 aliphatic heterocycles. The Labute approximate surface area is 207 Å². The molecule has 194 valence electrons. The van der Waals surface area contributed by atoms with Crippen molar-refractivity contribution in [1.82, 2.24) is 0 Å². The minimum absolute atomic E-state index is 0.0380. The molecule has 34 heavy (non-hydrogen) atoms. The molecule has 0 aromatic heterocycles. The normalized spacial score (nSPS) is 62.2. The van der Waals surface area contributed by atoms with Gasteiger partial charge in [-0.2, -0.15) is 0 Å². The van der Waals surface area contributed by atoms with E-state index in [1.54, 1.807) is 0 Å². The summed E-state index contributed by atoms with van der Waals surface area (Å²) >= 11 is 0. The van der Waals surface area contributed by atoms with Crippen LogP contribution in [0.3, 0.4) is 0 Å². The molecule has 5 aliphatic carbocycles. The quantitative estimate of drug-likeness (QED) is 0.481. The Kier molecular flexibility index (Phi) is 4.86. The zero-order valence-corrected chi connectivity index (χ0v) is 22.6. The molecular formula is C30H50O4. The lowest BCUT2D eigenvalue weighted by molar-refractivity contribution is -0.300. The standard InChI is InChI=1S/C30H50O4/c1-24(2)13-14-29-18-34-30(21(29)15-24)12-8-20-25(3)10-9-22(32)26(4,17-31)19(25)7-11-27(20,5)28(30,6)16-23(29)33/h19-23,31-33H,7-18H2,1-6H3. The molecule has 5 saturated carbocycles. The zero-order chi connectivity index (χ0) is 24.6. The number of aliphatic hydroxyl groups excluding tert-OH is 3. The van der Waals surface area contributed by atoms with E-state index >= 15 is 0 Å². The van der Waals surface area contributed by atoms with E-state index in [9.17, 15) is 15.3 Å². The first-order valence-corrected chi connectivity index (χ1v) is 14.4. The van der Waals surface area contributed by atoms with Crippen LogP contribution in [0.4, 0.5) is 0 Å². The molecule has 0 amide bonds. The minimum atomic E-state index is -0.414. The van der Waals surface area contributed by atoms with Crippen LogP contribution in [-0.4, -0.2) is 46.3 Å². The molecule has 11 unspecified atom stereocenters. The van der Waals surface area contributed by atoms with E-state index in [0.717, 1.165) is 51.6 Å². The summed E-state index contributed by atoms with van der Waals surface area (Å²) in [5, 5.41) is 33.3. The lowest BCUT2D eigenvalue weighted by Gasteiger charge is -2.75. The van der Waals surface area contributed by atoms with Crippen LogP contribution < -0.4 is 0 Å². The summed E-state index contributed by atoms with van der Waals surface area (Å²) in [6, 6.07) is 0. The number of aliphatic hydroxyl groups is 3. The van der Waals surface area contributed by atoms with Gasteiger partial charge < -0.3 is 20.1 Å². The third-order valence-corrected chi connectivity index (χ3v) is 14.3. The second kappa shape index (κ2) is 6.83. The van der Waals surface area contributed by atoms with Crippen molar-refractivity contribution in [3.05, 3.63) is 0 Å². The Morgan fingerprint density at radius 3 is 2.15 bits per heavy atom. The van der Waals surface area contributed by atoms with E-state index in [-0.39, 0.29) is 40.0 Å². The molecule has 0 radical (unpaired) electrons. The Morgan fingerprint density at radius 1 is 0.735 bits per heavy atom. The number of rotatable bonds is 1. The largest absolute Gasteiger partial charge is 0.396 e. The summed E-state index contributed by atoms with van der Waals surface area (Å²) in [6.07, 6.45) is 9.95. The molecule has 11 atom stereocenters. The Hall–Kier alpha value is -0.160. The third kappa shape index (κ3) is 2.46. The van der Waals surface area contributed by atoms with Crippen LogP contribution in [-0.2, 0) is 4.74 Å². The molecule has 0 aromatic carbocycles. The minimum Gasteiger partial charge on any atom is -0.396 e.